The zero-order valence-corrected chi connectivity index (χ0v) is 17.2. The van der Waals surface area contributed by atoms with E-state index < -0.39 is 17.6 Å². The van der Waals surface area contributed by atoms with E-state index >= 15 is 0 Å². The number of benzene rings is 3. The second kappa shape index (κ2) is 9.00. The van der Waals surface area contributed by atoms with E-state index in [0.29, 0.717) is 31.7 Å². The Morgan fingerprint density at radius 3 is 2.22 bits per heavy atom. The third-order valence-corrected chi connectivity index (χ3v) is 5.53. The molecule has 0 radical (unpaired) electrons. The molecule has 0 aliphatic carbocycles. The van der Waals surface area contributed by atoms with Crippen molar-refractivity contribution in [1.29, 1.82) is 0 Å². The SMILES string of the molecule is O=C(CN1CCN(C(=O)c2ccc3ccccc3c2)CC1)Nc1ccccc1C(F)(F)F. The van der Waals surface area contributed by atoms with Crippen LogP contribution in [0.15, 0.2) is 66.7 Å². The number of fused-ring (bicyclic) bond motifs is 1. The summed E-state index contributed by atoms with van der Waals surface area (Å²) in [5.41, 5.74) is -0.520. The van der Waals surface area contributed by atoms with Crippen LogP contribution in [0.5, 0.6) is 0 Å². The molecule has 0 spiro atoms. The molecule has 5 nitrogen and oxygen atoms in total. The van der Waals surface area contributed by atoms with Gasteiger partial charge in [0.2, 0.25) is 5.91 Å². The predicted octanol–water partition coefficient (Wildman–Crippen LogP) is 4.26. The van der Waals surface area contributed by atoms with Crippen LogP contribution in [0.3, 0.4) is 0 Å². The molecule has 1 aliphatic heterocycles. The van der Waals surface area contributed by atoms with Crippen LogP contribution in [-0.2, 0) is 11.0 Å². The molecule has 3 aromatic carbocycles. The zero-order chi connectivity index (χ0) is 22.7. The first-order valence-corrected chi connectivity index (χ1v) is 10.3. The van der Waals surface area contributed by atoms with Crippen LogP contribution in [0, 0.1) is 0 Å². The Hall–Kier alpha value is -3.39. The number of alkyl halides is 3. The molecule has 1 saturated heterocycles. The zero-order valence-electron chi connectivity index (χ0n) is 17.2. The van der Waals surface area contributed by atoms with Gasteiger partial charge in [-0.05, 0) is 35.0 Å². The van der Waals surface area contributed by atoms with Crippen molar-refractivity contribution >= 4 is 28.3 Å². The fourth-order valence-corrected chi connectivity index (χ4v) is 3.85. The Morgan fingerprint density at radius 2 is 1.50 bits per heavy atom. The van der Waals surface area contributed by atoms with Gasteiger partial charge in [0.1, 0.15) is 0 Å². The summed E-state index contributed by atoms with van der Waals surface area (Å²) in [6.07, 6.45) is -4.54. The number of nitrogens with one attached hydrogen (secondary N) is 1. The number of anilines is 1. The van der Waals surface area contributed by atoms with Crippen molar-refractivity contribution in [2.75, 3.05) is 38.0 Å². The number of hydrogen-bond donors (Lipinski definition) is 1. The highest BCUT2D eigenvalue weighted by molar-refractivity contribution is 5.98. The average Bonchev–Trinajstić information content (AvgIpc) is 2.78. The standard InChI is InChI=1S/C24H22F3N3O2/c25-24(26,27)20-7-3-4-8-21(20)28-22(31)16-29-11-13-30(14-12-29)23(32)19-10-9-17-5-1-2-6-18(17)15-19/h1-10,15H,11-14,16H2,(H,28,31). The molecule has 2 amide bonds. The molecular formula is C24H22F3N3O2. The smallest absolute Gasteiger partial charge is 0.336 e. The first kappa shape index (κ1) is 21.8. The van der Waals surface area contributed by atoms with E-state index in [2.05, 4.69) is 5.32 Å². The highest BCUT2D eigenvalue weighted by Gasteiger charge is 2.33. The molecule has 8 heteroatoms. The minimum Gasteiger partial charge on any atom is -0.336 e. The molecule has 0 atom stereocenters. The first-order chi connectivity index (χ1) is 15.3. The van der Waals surface area contributed by atoms with Gasteiger partial charge in [-0.2, -0.15) is 13.2 Å². The number of rotatable bonds is 4. The van der Waals surface area contributed by atoms with Crippen LogP contribution in [0.4, 0.5) is 18.9 Å². The maximum atomic E-state index is 13.1. The van der Waals surface area contributed by atoms with Crippen molar-refractivity contribution in [2.45, 2.75) is 6.18 Å². The van der Waals surface area contributed by atoms with Crippen molar-refractivity contribution in [3.63, 3.8) is 0 Å². The van der Waals surface area contributed by atoms with Crippen LogP contribution < -0.4 is 5.32 Å². The number of piperazine rings is 1. The molecule has 1 aliphatic rings. The fourth-order valence-electron chi connectivity index (χ4n) is 3.85. The molecule has 166 valence electrons. The maximum absolute atomic E-state index is 13.1. The van der Waals surface area contributed by atoms with Crippen LogP contribution in [-0.4, -0.2) is 54.3 Å². The van der Waals surface area contributed by atoms with Crippen molar-refractivity contribution in [2.24, 2.45) is 0 Å². The molecule has 4 rings (SSSR count). The van der Waals surface area contributed by atoms with Gasteiger partial charge in [0.25, 0.3) is 5.91 Å². The van der Waals surface area contributed by atoms with E-state index in [0.717, 1.165) is 16.8 Å². The van der Waals surface area contributed by atoms with Crippen LogP contribution in [0.2, 0.25) is 0 Å². The highest BCUT2D eigenvalue weighted by Crippen LogP contribution is 2.34. The molecule has 0 aromatic heterocycles. The molecule has 1 N–H and O–H groups in total. The quantitative estimate of drug-likeness (QED) is 0.659. The second-order valence-electron chi connectivity index (χ2n) is 7.72. The second-order valence-corrected chi connectivity index (χ2v) is 7.72. The van der Waals surface area contributed by atoms with Gasteiger partial charge in [-0.1, -0.05) is 42.5 Å². The fraction of sp³-hybridized carbons (Fsp3) is 0.250. The Bertz CT molecular complexity index is 1140. The van der Waals surface area contributed by atoms with E-state index in [9.17, 15) is 22.8 Å². The molecule has 1 fully saturated rings. The minimum atomic E-state index is -4.54. The third kappa shape index (κ3) is 4.91. The summed E-state index contributed by atoms with van der Waals surface area (Å²) < 4.78 is 39.3. The van der Waals surface area contributed by atoms with Crippen LogP contribution >= 0.6 is 0 Å². The van der Waals surface area contributed by atoms with Gasteiger partial charge >= 0.3 is 6.18 Å². The summed E-state index contributed by atoms with van der Waals surface area (Å²) in [5, 5.41) is 4.42. The van der Waals surface area contributed by atoms with E-state index in [4.69, 9.17) is 0 Å². The van der Waals surface area contributed by atoms with Crippen LogP contribution in [0.25, 0.3) is 10.8 Å². The van der Waals surface area contributed by atoms with Gasteiger partial charge < -0.3 is 10.2 Å². The number of carbonyl (C=O) groups excluding carboxylic acids is 2. The molecule has 32 heavy (non-hydrogen) atoms. The summed E-state index contributed by atoms with van der Waals surface area (Å²) in [4.78, 5) is 28.7. The van der Waals surface area contributed by atoms with E-state index in [1.807, 2.05) is 47.4 Å². The van der Waals surface area contributed by atoms with Gasteiger partial charge in [-0.3, -0.25) is 14.5 Å². The minimum absolute atomic E-state index is 0.0375. The predicted molar refractivity (Wildman–Crippen MR) is 116 cm³/mol. The van der Waals surface area contributed by atoms with Crippen molar-refractivity contribution in [3.05, 3.63) is 77.9 Å². The summed E-state index contributed by atoms with van der Waals surface area (Å²) in [5.74, 6) is -0.588. The Kier molecular flexibility index (Phi) is 6.14. The number of halogens is 3. The number of carbonyl (C=O) groups is 2. The van der Waals surface area contributed by atoms with Crippen molar-refractivity contribution in [3.8, 4) is 0 Å². The number of para-hydroxylation sites is 1. The highest BCUT2D eigenvalue weighted by atomic mass is 19.4. The van der Waals surface area contributed by atoms with E-state index in [1.54, 1.807) is 4.90 Å². The monoisotopic (exact) mass is 441 g/mol. The van der Waals surface area contributed by atoms with Gasteiger partial charge in [0.15, 0.2) is 0 Å². The number of hydrogen-bond acceptors (Lipinski definition) is 3. The topological polar surface area (TPSA) is 52.7 Å². The summed E-state index contributed by atoms with van der Waals surface area (Å²) in [6.45, 7) is 1.78. The molecular weight excluding hydrogens is 419 g/mol. The molecule has 3 aromatic rings. The summed E-state index contributed by atoms with van der Waals surface area (Å²) in [7, 11) is 0. The summed E-state index contributed by atoms with van der Waals surface area (Å²) in [6, 6.07) is 18.3. The Morgan fingerprint density at radius 1 is 0.844 bits per heavy atom. The average molecular weight is 441 g/mol. The molecule has 0 saturated carbocycles. The summed E-state index contributed by atoms with van der Waals surface area (Å²) >= 11 is 0. The Balaban J connectivity index is 1.33. The number of nitrogens with zero attached hydrogens (tertiary/aromatic N) is 2. The largest absolute Gasteiger partial charge is 0.418 e. The van der Waals surface area contributed by atoms with Crippen LogP contribution in [0.1, 0.15) is 15.9 Å². The molecule has 1 heterocycles. The van der Waals surface area contributed by atoms with E-state index in [-0.39, 0.29) is 18.1 Å². The van der Waals surface area contributed by atoms with Gasteiger partial charge in [-0.25, -0.2) is 0 Å². The van der Waals surface area contributed by atoms with Crippen molar-refractivity contribution < 1.29 is 22.8 Å². The lowest BCUT2D eigenvalue weighted by Crippen LogP contribution is -2.50. The van der Waals surface area contributed by atoms with Crippen molar-refractivity contribution in [1.82, 2.24) is 9.80 Å². The molecule has 0 bridgehead atoms. The first-order valence-electron chi connectivity index (χ1n) is 10.3. The third-order valence-electron chi connectivity index (χ3n) is 5.53. The molecule has 0 unspecified atom stereocenters. The van der Waals surface area contributed by atoms with Gasteiger partial charge in [-0.15, -0.1) is 0 Å². The lowest BCUT2D eigenvalue weighted by atomic mass is 10.1. The Labute approximate surface area is 183 Å². The number of amides is 2. The lowest BCUT2D eigenvalue weighted by Gasteiger charge is -2.34. The van der Waals surface area contributed by atoms with E-state index in [1.165, 1.54) is 18.2 Å². The maximum Gasteiger partial charge on any atom is 0.418 e. The van der Waals surface area contributed by atoms with Gasteiger partial charge in [0, 0.05) is 31.7 Å². The normalized spacial score (nSPS) is 15.0. The van der Waals surface area contributed by atoms with Gasteiger partial charge in [0.05, 0.1) is 17.8 Å². The lowest BCUT2D eigenvalue weighted by molar-refractivity contribution is -0.137.